The summed E-state index contributed by atoms with van der Waals surface area (Å²) in [7, 11) is 0. The van der Waals surface area contributed by atoms with Gasteiger partial charge in [0.2, 0.25) is 5.89 Å². The second-order valence-corrected chi connectivity index (χ2v) is 7.81. The van der Waals surface area contributed by atoms with E-state index in [9.17, 15) is 4.79 Å². The Bertz CT molecular complexity index is 927. The number of carbonyl (C=O) groups is 1. The number of nitrogens with one attached hydrogen (secondary N) is 1. The molecule has 5 heteroatoms. The van der Waals surface area contributed by atoms with Gasteiger partial charge in [-0.15, -0.1) is 0 Å². The number of halogens is 1. The third kappa shape index (κ3) is 4.14. The van der Waals surface area contributed by atoms with Crippen LogP contribution in [0.15, 0.2) is 63.6 Å². The van der Waals surface area contributed by atoms with Gasteiger partial charge in [0.05, 0.1) is 11.8 Å². The lowest BCUT2D eigenvalue weighted by molar-refractivity contribution is 0.0928. The van der Waals surface area contributed by atoms with E-state index in [0.717, 1.165) is 22.9 Å². The molecule has 2 aromatic carbocycles. The molecular weight excluding hydrogens is 404 g/mol. The van der Waals surface area contributed by atoms with Crippen molar-refractivity contribution in [3.8, 4) is 22.8 Å². The first-order valence-corrected chi connectivity index (χ1v) is 10.1. The van der Waals surface area contributed by atoms with Crippen LogP contribution in [-0.2, 0) is 0 Å². The van der Waals surface area contributed by atoms with Crippen molar-refractivity contribution >= 4 is 21.8 Å². The minimum Gasteiger partial charge on any atom is -0.436 e. The fraction of sp³-hybridized carbons (Fsp3) is 0.273. The van der Waals surface area contributed by atoms with Crippen LogP contribution < -0.4 is 5.32 Å². The van der Waals surface area contributed by atoms with Crippen molar-refractivity contribution in [3.63, 3.8) is 0 Å². The number of benzene rings is 2. The summed E-state index contributed by atoms with van der Waals surface area (Å²) < 4.78 is 6.98. The van der Waals surface area contributed by atoms with Crippen LogP contribution in [0.5, 0.6) is 0 Å². The summed E-state index contributed by atoms with van der Waals surface area (Å²) in [6.45, 7) is 0. The van der Waals surface area contributed by atoms with Gasteiger partial charge in [-0.3, -0.25) is 4.79 Å². The van der Waals surface area contributed by atoms with E-state index >= 15 is 0 Å². The van der Waals surface area contributed by atoms with Crippen LogP contribution in [0.2, 0.25) is 0 Å². The molecule has 1 saturated carbocycles. The molecule has 0 bridgehead atoms. The Hall–Kier alpha value is -2.40. The van der Waals surface area contributed by atoms with Gasteiger partial charge in [0.15, 0.2) is 5.76 Å². The fourth-order valence-corrected chi connectivity index (χ4v) is 3.79. The molecule has 4 rings (SSSR count). The molecule has 3 aromatic rings. The zero-order chi connectivity index (χ0) is 18.6. The van der Waals surface area contributed by atoms with E-state index in [1.54, 1.807) is 6.20 Å². The first-order chi connectivity index (χ1) is 13.2. The zero-order valence-electron chi connectivity index (χ0n) is 15.0. The van der Waals surface area contributed by atoms with Gasteiger partial charge in [-0.1, -0.05) is 59.5 Å². The smallest absolute Gasteiger partial charge is 0.252 e. The molecule has 1 aliphatic carbocycles. The number of nitrogens with zero attached hydrogens (tertiary/aromatic N) is 1. The maximum Gasteiger partial charge on any atom is 0.252 e. The van der Waals surface area contributed by atoms with Crippen LogP contribution in [0.25, 0.3) is 22.8 Å². The molecule has 0 aliphatic heterocycles. The average Bonchev–Trinajstić information content (AvgIpc) is 3.19. The highest BCUT2D eigenvalue weighted by Crippen LogP contribution is 2.29. The molecule has 1 heterocycles. The topological polar surface area (TPSA) is 55.1 Å². The number of carbonyl (C=O) groups excluding carboxylic acids is 1. The second-order valence-electron chi connectivity index (χ2n) is 6.89. The summed E-state index contributed by atoms with van der Waals surface area (Å²) in [5.41, 5.74) is 2.27. The SMILES string of the molecule is O=C(NC1CCCCC1)c1ccccc1-c1ncc(-c2ccc(Br)cc2)o1. The minimum atomic E-state index is -0.0547. The molecule has 1 fully saturated rings. The van der Waals surface area contributed by atoms with Crippen LogP contribution >= 0.6 is 15.9 Å². The van der Waals surface area contributed by atoms with E-state index in [-0.39, 0.29) is 11.9 Å². The zero-order valence-corrected chi connectivity index (χ0v) is 16.5. The van der Waals surface area contributed by atoms with Crippen molar-refractivity contribution in [1.82, 2.24) is 10.3 Å². The molecule has 0 spiro atoms. The molecule has 1 aromatic heterocycles. The maximum absolute atomic E-state index is 12.8. The van der Waals surface area contributed by atoms with E-state index in [1.807, 2.05) is 48.5 Å². The van der Waals surface area contributed by atoms with Gasteiger partial charge in [-0.25, -0.2) is 4.98 Å². The lowest BCUT2D eigenvalue weighted by atomic mass is 9.95. The quantitative estimate of drug-likeness (QED) is 0.572. The number of oxazole rings is 1. The Balaban J connectivity index is 1.59. The van der Waals surface area contributed by atoms with Crippen LogP contribution in [-0.4, -0.2) is 16.9 Å². The lowest BCUT2D eigenvalue weighted by Crippen LogP contribution is -2.36. The van der Waals surface area contributed by atoms with E-state index in [4.69, 9.17) is 4.42 Å². The van der Waals surface area contributed by atoms with Crippen molar-refractivity contribution in [1.29, 1.82) is 0 Å². The first kappa shape index (κ1) is 18.0. The Labute approximate surface area is 167 Å². The third-order valence-corrected chi connectivity index (χ3v) is 5.51. The molecule has 1 aliphatic rings. The van der Waals surface area contributed by atoms with Crippen molar-refractivity contribution in [2.75, 3.05) is 0 Å². The van der Waals surface area contributed by atoms with Gasteiger partial charge < -0.3 is 9.73 Å². The van der Waals surface area contributed by atoms with Gasteiger partial charge in [0.1, 0.15) is 0 Å². The molecule has 27 heavy (non-hydrogen) atoms. The first-order valence-electron chi connectivity index (χ1n) is 9.33. The lowest BCUT2D eigenvalue weighted by Gasteiger charge is -2.23. The monoisotopic (exact) mass is 424 g/mol. The van der Waals surface area contributed by atoms with Gasteiger partial charge in [-0.2, -0.15) is 0 Å². The summed E-state index contributed by atoms with van der Waals surface area (Å²) in [5.74, 6) is 1.09. The normalized spacial score (nSPS) is 14.9. The van der Waals surface area contributed by atoms with Crippen LogP contribution in [0.4, 0.5) is 0 Å². The molecule has 1 N–H and O–H groups in total. The molecule has 4 nitrogen and oxygen atoms in total. The standard InChI is InChI=1S/C22H21BrN2O2/c23-16-12-10-15(11-13-16)20-14-24-22(27-20)19-9-5-4-8-18(19)21(26)25-17-6-2-1-3-7-17/h4-5,8-14,17H,1-3,6-7H2,(H,25,26). The highest BCUT2D eigenvalue weighted by Gasteiger charge is 2.20. The van der Waals surface area contributed by atoms with Crippen LogP contribution in [0.3, 0.4) is 0 Å². The maximum atomic E-state index is 12.8. The van der Waals surface area contributed by atoms with E-state index in [0.29, 0.717) is 22.8 Å². The van der Waals surface area contributed by atoms with Gasteiger partial charge in [0.25, 0.3) is 5.91 Å². The Morgan fingerprint density at radius 2 is 1.78 bits per heavy atom. The molecular formula is C22H21BrN2O2. The molecule has 0 unspecified atom stereocenters. The third-order valence-electron chi connectivity index (χ3n) is 4.98. The number of aromatic nitrogens is 1. The number of hydrogen-bond acceptors (Lipinski definition) is 3. The Morgan fingerprint density at radius 1 is 1.04 bits per heavy atom. The van der Waals surface area contributed by atoms with Crippen molar-refractivity contribution in [3.05, 3.63) is 64.8 Å². The summed E-state index contributed by atoms with van der Waals surface area (Å²) in [4.78, 5) is 17.3. The summed E-state index contributed by atoms with van der Waals surface area (Å²) in [6.07, 6.45) is 7.44. The molecule has 138 valence electrons. The van der Waals surface area contributed by atoms with Crippen molar-refractivity contribution in [2.45, 2.75) is 38.1 Å². The van der Waals surface area contributed by atoms with E-state index < -0.39 is 0 Å². The Kier molecular flexibility index (Phi) is 5.39. The average molecular weight is 425 g/mol. The second kappa shape index (κ2) is 8.09. The molecule has 0 atom stereocenters. The van der Waals surface area contributed by atoms with Crippen molar-refractivity contribution < 1.29 is 9.21 Å². The fourth-order valence-electron chi connectivity index (χ4n) is 3.52. The summed E-state index contributed by atoms with van der Waals surface area (Å²) in [5, 5.41) is 3.18. The predicted octanol–water partition coefficient (Wildman–Crippen LogP) is 5.83. The summed E-state index contributed by atoms with van der Waals surface area (Å²) >= 11 is 3.44. The summed E-state index contributed by atoms with van der Waals surface area (Å²) in [6, 6.07) is 15.6. The molecule has 1 amide bonds. The Morgan fingerprint density at radius 3 is 2.56 bits per heavy atom. The molecule has 0 radical (unpaired) electrons. The van der Waals surface area contributed by atoms with Gasteiger partial charge in [-0.05, 0) is 37.1 Å². The molecule has 0 saturated heterocycles. The number of hydrogen-bond donors (Lipinski definition) is 1. The highest BCUT2D eigenvalue weighted by molar-refractivity contribution is 9.10. The van der Waals surface area contributed by atoms with Crippen LogP contribution in [0.1, 0.15) is 42.5 Å². The van der Waals surface area contributed by atoms with Crippen molar-refractivity contribution in [2.24, 2.45) is 0 Å². The number of rotatable bonds is 4. The number of amides is 1. The predicted molar refractivity (Wildman–Crippen MR) is 109 cm³/mol. The largest absolute Gasteiger partial charge is 0.436 e. The van der Waals surface area contributed by atoms with Crippen LogP contribution in [0, 0.1) is 0 Å². The minimum absolute atomic E-state index is 0.0547. The van der Waals surface area contributed by atoms with Gasteiger partial charge in [0, 0.05) is 21.6 Å². The van der Waals surface area contributed by atoms with Gasteiger partial charge >= 0.3 is 0 Å². The van der Waals surface area contributed by atoms with E-state index in [2.05, 4.69) is 26.2 Å². The van der Waals surface area contributed by atoms with E-state index in [1.165, 1.54) is 19.3 Å². The highest BCUT2D eigenvalue weighted by atomic mass is 79.9.